The van der Waals surface area contributed by atoms with Gasteiger partial charge in [-0.2, -0.15) is 0 Å². The monoisotopic (exact) mass is 442 g/mol. The predicted molar refractivity (Wildman–Crippen MR) is 131 cm³/mol. The smallest absolute Gasteiger partial charge is 0.193 e. The van der Waals surface area contributed by atoms with E-state index >= 15 is 0 Å². The highest BCUT2D eigenvalue weighted by Crippen LogP contribution is 2.25. The molecule has 1 aromatic rings. The number of benzene rings is 1. The number of hydrogen-bond acceptors (Lipinski definition) is 5. The minimum Gasteiger partial charge on any atom is -0.373 e. The molecule has 0 bridgehead atoms. The molecule has 3 unspecified atom stereocenters. The maximum Gasteiger partial charge on any atom is 0.193 e. The van der Waals surface area contributed by atoms with E-state index in [9.17, 15) is 0 Å². The lowest BCUT2D eigenvalue weighted by atomic mass is 10.0. The zero-order valence-electron chi connectivity index (χ0n) is 20.4. The van der Waals surface area contributed by atoms with E-state index in [2.05, 4.69) is 81.1 Å². The van der Waals surface area contributed by atoms with Crippen LogP contribution in [0, 0.1) is 5.92 Å². The number of nitrogens with zero attached hydrogens (tertiary/aromatic N) is 5. The number of piperazine rings is 1. The quantitative estimate of drug-likeness (QED) is 0.531. The van der Waals surface area contributed by atoms with Crippen LogP contribution in [0.4, 0.5) is 0 Å². The van der Waals surface area contributed by atoms with Crippen molar-refractivity contribution in [2.75, 3.05) is 73.1 Å². The number of hydrogen-bond donors (Lipinski definition) is 1. The van der Waals surface area contributed by atoms with Gasteiger partial charge in [0.2, 0.25) is 0 Å². The second-order valence-electron chi connectivity index (χ2n) is 9.92. The van der Waals surface area contributed by atoms with Crippen LogP contribution in [0.3, 0.4) is 0 Å². The summed E-state index contributed by atoms with van der Waals surface area (Å²) in [6.45, 7) is 14.9. The van der Waals surface area contributed by atoms with Crippen molar-refractivity contribution in [2.24, 2.45) is 10.9 Å². The molecule has 3 aliphatic heterocycles. The number of morpholine rings is 1. The lowest BCUT2D eigenvalue weighted by molar-refractivity contribution is -0.0502. The van der Waals surface area contributed by atoms with Gasteiger partial charge in [-0.1, -0.05) is 44.2 Å². The first-order chi connectivity index (χ1) is 15.5. The SMILES string of the molecule is CN=C(NCC(C(C)C)N1CCN(C)CC1)N1CC2OCCN(Cc3ccccc3)C2C1. The molecule has 3 heterocycles. The number of fused-ring (bicyclic) bond motifs is 1. The number of nitrogens with one attached hydrogen (secondary N) is 1. The Balaban J connectivity index is 1.35. The van der Waals surface area contributed by atoms with E-state index in [1.54, 1.807) is 0 Å². The molecule has 0 aliphatic carbocycles. The van der Waals surface area contributed by atoms with Crippen molar-refractivity contribution in [3.8, 4) is 0 Å². The Labute approximate surface area is 194 Å². The predicted octanol–water partition coefficient (Wildman–Crippen LogP) is 1.42. The summed E-state index contributed by atoms with van der Waals surface area (Å²) in [5, 5.41) is 3.72. The van der Waals surface area contributed by atoms with Crippen LogP contribution in [0.25, 0.3) is 0 Å². The molecule has 0 amide bonds. The summed E-state index contributed by atoms with van der Waals surface area (Å²) in [6.07, 6.45) is 0.254. The zero-order valence-corrected chi connectivity index (χ0v) is 20.4. The standard InChI is InChI=1S/C25H42N6O/c1-20(2)22(29-12-10-28(4)11-13-29)16-27-25(26-3)31-18-23-24(19-31)32-15-14-30(23)17-21-8-6-5-7-9-21/h5-9,20,22-24H,10-19H2,1-4H3,(H,26,27). The van der Waals surface area contributed by atoms with E-state index in [-0.39, 0.29) is 6.10 Å². The highest BCUT2D eigenvalue weighted by molar-refractivity contribution is 5.80. The van der Waals surface area contributed by atoms with Gasteiger partial charge in [-0.25, -0.2) is 0 Å². The Hall–Kier alpha value is -1.67. The largest absolute Gasteiger partial charge is 0.373 e. The van der Waals surface area contributed by atoms with Crippen LogP contribution in [0.5, 0.6) is 0 Å². The Morgan fingerprint density at radius 2 is 1.84 bits per heavy atom. The van der Waals surface area contributed by atoms with Crippen molar-refractivity contribution in [1.29, 1.82) is 0 Å². The molecule has 7 heteroatoms. The molecule has 0 aromatic heterocycles. The van der Waals surface area contributed by atoms with E-state index < -0.39 is 0 Å². The highest BCUT2D eigenvalue weighted by Gasteiger charge is 2.41. The first kappa shape index (κ1) is 23.5. The Bertz CT molecular complexity index is 733. The number of likely N-dealkylation sites (N-methyl/N-ethyl adjacent to an activating group) is 1. The molecule has 32 heavy (non-hydrogen) atoms. The van der Waals surface area contributed by atoms with Crippen LogP contribution in [0.15, 0.2) is 35.3 Å². The second-order valence-corrected chi connectivity index (χ2v) is 9.92. The van der Waals surface area contributed by atoms with Gasteiger partial charge in [0.15, 0.2) is 5.96 Å². The molecule has 1 aromatic carbocycles. The Morgan fingerprint density at radius 3 is 2.53 bits per heavy atom. The van der Waals surface area contributed by atoms with Crippen molar-refractivity contribution < 1.29 is 4.74 Å². The fourth-order valence-electron chi connectivity index (χ4n) is 5.41. The number of likely N-dealkylation sites (tertiary alicyclic amines) is 1. The maximum atomic E-state index is 6.18. The molecular weight excluding hydrogens is 400 g/mol. The summed E-state index contributed by atoms with van der Waals surface area (Å²) in [5.41, 5.74) is 1.38. The van der Waals surface area contributed by atoms with Crippen molar-refractivity contribution in [1.82, 2.24) is 24.9 Å². The first-order valence-corrected chi connectivity index (χ1v) is 12.3. The molecule has 7 nitrogen and oxygen atoms in total. The van der Waals surface area contributed by atoms with Crippen LogP contribution >= 0.6 is 0 Å². The van der Waals surface area contributed by atoms with Crippen LogP contribution in [0.1, 0.15) is 19.4 Å². The molecule has 0 saturated carbocycles. The minimum absolute atomic E-state index is 0.254. The third-order valence-corrected chi connectivity index (χ3v) is 7.40. The molecule has 0 radical (unpaired) electrons. The van der Waals surface area contributed by atoms with E-state index in [1.807, 2.05) is 7.05 Å². The fraction of sp³-hybridized carbons (Fsp3) is 0.720. The molecule has 4 rings (SSSR count). The van der Waals surface area contributed by atoms with Gasteiger partial charge in [0, 0.05) is 72.0 Å². The van der Waals surface area contributed by atoms with Gasteiger partial charge in [0.25, 0.3) is 0 Å². The lowest BCUT2D eigenvalue weighted by Crippen LogP contribution is -2.55. The van der Waals surface area contributed by atoms with E-state index in [4.69, 9.17) is 4.74 Å². The number of rotatable bonds is 6. The van der Waals surface area contributed by atoms with E-state index in [1.165, 1.54) is 5.56 Å². The number of guanidine groups is 1. The van der Waals surface area contributed by atoms with Crippen LogP contribution in [0.2, 0.25) is 0 Å². The first-order valence-electron chi connectivity index (χ1n) is 12.3. The van der Waals surface area contributed by atoms with Gasteiger partial charge in [0.1, 0.15) is 0 Å². The van der Waals surface area contributed by atoms with Gasteiger partial charge in [-0.05, 0) is 18.5 Å². The molecule has 0 spiro atoms. The molecule has 178 valence electrons. The summed E-state index contributed by atoms with van der Waals surface area (Å²) < 4.78 is 6.18. The summed E-state index contributed by atoms with van der Waals surface area (Å²) in [4.78, 5) is 14.7. The maximum absolute atomic E-state index is 6.18. The summed E-state index contributed by atoms with van der Waals surface area (Å²) in [6, 6.07) is 11.7. The van der Waals surface area contributed by atoms with Gasteiger partial charge in [-0.15, -0.1) is 0 Å². The molecule has 3 saturated heterocycles. The van der Waals surface area contributed by atoms with Crippen LogP contribution in [-0.4, -0.2) is 117 Å². The van der Waals surface area contributed by atoms with Crippen molar-refractivity contribution >= 4 is 5.96 Å². The van der Waals surface area contributed by atoms with Gasteiger partial charge in [0.05, 0.1) is 18.8 Å². The average Bonchev–Trinajstić information content (AvgIpc) is 3.23. The normalized spacial score (nSPS) is 27.0. The molecular formula is C25H42N6O. The molecule has 3 atom stereocenters. The lowest BCUT2D eigenvalue weighted by Gasteiger charge is -2.40. The third kappa shape index (κ3) is 5.63. The van der Waals surface area contributed by atoms with Crippen molar-refractivity contribution in [2.45, 2.75) is 38.6 Å². The third-order valence-electron chi connectivity index (χ3n) is 7.40. The highest BCUT2D eigenvalue weighted by atomic mass is 16.5. The molecule has 1 N–H and O–H groups in total. The van der Waals surface area contributed by atoms with E-state index in [0.717, 1.165) is 71.5 Å². The van der Waals surface area contributed by atoms with Crippen LogP contribution < -0.4 is 5.32 Å². The van der Waals surface area contributed by atoms with Crippen LogP contribution in [-0.2, 0) is 11.3 Å². The molecule has 3 aliphatic rings. The summed E-state index contributed by atoms with van der Waals surface area (Å²) in [7, 11) is 4.13. The topological polar surface area (TPSA) is 46.6 Å². The average molecular weight is 443 g/mol. The molecule has 3 fully saturated rings. The zero-order chi connectivity index (χ0) is 22.5. The summed E-state index contributed by atoms with van der Waals surface area (Å²) in [5.74, 6) is 1.62. The Morgan fingerprint density at radius 1 is 1.09 bits per heavy atom. The number of ether oxygens (including phenoxy) is 1. The van der Waals surface area contributed by atoms with E-state index in [0.29, 0.717) is 18.0 Å². The van der Waals surface area contributed by atoms with Gasteiger partial charge >= 0.3 is 0 Å². The van der Waals surface area contributed by atoms with Crippen molar-refractivity contribution in [3.63, 3.8) is 0 Å². The summed E-state index contributed by atoms with van der Waals surface area (Å²) >= 11 is 0. The minimum atomic E-state index is 0.254. The van der Waals surface area contributed by atoms with Gasteiger partial charge in [-0.3, -0.25) is 14.8 Å². The second kappa shape index (κ2) is 11.0. The fourth-order valence-corrected chi connectivity index (χ4v) is 5.41. The van der Waals surface area contributed by atoms with Crippen molar-refractivity contribution in [3.05, 3.63) is 35.9 Å². The number of aliphatic imine (C=N–C) groups is 1. The van der Waals surface area contributed by atoms with Gasteiger partial charge < -0.3 is 19.9 Å². The Kier molecular flexibility index (Phi) is 8.05.